The number of primary amides is 1. The van der Waals surface area contributed by atoms with E-state index in [-0.39, 0.29) is 169 Å². The van der Waals surface area contributed by atoms with Crippen LogP contribution < -0.4 is 37.2 Å². The van der Waals surface area contributed by atoms with E-state index >= 15 is 0 Å². The summed E-state index contributed by atoms with van der Waals surface area (Å²) in [5.74, 6) is -0.337. The first-order chi connectivity index (χ1) is 60.2. The number of Topliss-reactive ketones (excluding diaryl/α,β-unsaturated/α-hetero) is 2. The second kappa shape index (κ2) is 54.7. The molecular weight excluding hydrogens is 1620 g/mol. The van der Waals surface area contributed by atoms with Gasteiger partial charge in [-0.1, -0.05) is 153 Å². The molecule has 0 radical (unpaired) electrons. The Morgan fingerprint density at radius 3 is 1.86 bits per heavy atom. The number of ether oxygens (including phenoxy) is 7. The van der Waals surface area contributed by atoms with Crippen LogP contribution in [0.1, 0.15) is 187 Å². The number of anilines is 2. The third-order valence-electron chi connectivity index (χ3n) is 23.4. The van der Waals surface area contributed by atoms with E-state index in [1.165, 1.54) is 31.1 Å². The molecule has 0 bridgehead atoms. The molecule has 0 spiro atoms. The largest absolute Gasteiger partial charge is 0.445 e. The van der Waals surface area contributed by atoms with Crippen LogP contribution in [0.4, 0.5) is 21.0 Å². The number of likely N-dealkylation sites (tertiary alicyclic amines) is 1. The summed E-state index contributed by atoms with van der Waals surface area (Å²) >= 11 is 0. The first-order valence-electron chi connectivity index (χ1n) is 44.3. The zero-order valence-electron chi connectivity index (χ0n) is 76.6. The van der Waals surface area contributed by atoms with Crippen molar-refractivity contribution in [2.24, 2.45) is 47.2 Å². The molecule has 1 saturated heterocycles. The fourth-order valence-corrected chi connectivity index (χ4v) is 15.9. The van der Waals surface area contributed by atoms with Gasteiger partial charge in [0.2, 0.25) is 47.3 Å². The van der Waals surface area contributed by atoms with Crippen molar-refractivity contribution >= 4 is 82.3 Å². The molecule has 0 aromatic heterocycles. The van der Waals surface area contributed by atoms with Crippen LogP contribution in [-0.4, -0.2) is 252 Å². The number of nitrogens with one attached hydrogen (secondary N) is 5. The van der Waals surface area contributed by atoms with Gasteiger partial charge in [0.1, 0.15) is 6.61 Å². The lowest BCUT2D eigenvalue weighted by Crippen LogP contribution is -2.55. The number of aliphatic hydroxyl groups excluding tert-OH is 1. The molecule has 694 valence electrons. The lowest BCUT2D eigenvalue weighted by Gasteiger charge is -2.41. The summed E-state index contributed by atoms with van der Waals surface area (Å²) in [4.78, 5) is 172. The monoisotopic (exact) mass is 1750 g/mol. The Bertz CT molecular complexity index is 4220. The number of urea groups is 1. The second-order valence-corrected chi connectivity index (χ2v) is 33.8. The molecule has 6 rings (SSSR count). The standard InChI is InChI=1S/C95H139N11O20/c1-16-65(8)88(80(120-14)59-85(113)105-47-26-34-77(105)90(121-15)66(9)91(115)99-67(10)89(114)71-29-18-17-19-30-71)103(12)93(117)75(62(2)3)58-79(108)87(64(6)7)104(13)95(119)126-61-68-37-41-74(42-38-68)100-92(116)72(32-25-45-98-94(96)118)57-78(107)86(63(4)5)101-82(110)35-24-36-83(111)102(11)48-50-123-52-54-125-56-55-124-53-51-122-49-44-81(109)97-46-43-84(112)106-60-73-31-21-20-27-69(73)39-40-70-28-22-23-33-76(70)106/h17-23,27-31,33,37-38,41-42,62-67,72,75,77,80,86-90,114H,16,24-26,32,34-36,43-61H2,1-15H3,(H,97,109)(H,99,115)(H,100,116)(H,101,110)(H3,96,98,118)/t65-,66+,67+,72+,75-,77?,80+,86-,87-,88-,89+,90+/m0/s1. The van der Waals surface area contributed by atoms with E-state index in [0.717, 1.165) is 22.4 Å². The summed E-state index contributed by atoms with van der Waals surface area (Å²) < 4.78 is 40.3. The first-order valence-corrected chi connectivity index (χ1v) is 44.3. The van der Waals surface area contributed by atoms with Gasteiger partial charge in [-0.05, 0) is 110 Å². The predicted octanol–water partition coefficient (Wildman–Crippen LogP) is 9.31. The number of aliphatic hydroxyl groups is 1. The van der Waals surface area contributed by atoms with Gasteiger partial charge in [-0.2, -0.15) is 0 Å². The predicted molar refractivity (Wildman–Crippen MR) is 478 cm³/mol. The summed E-state index contributed by atoms with van der Waals surface area (Å²) in [6, 6.07) is 26.5. The van der Waals surface area contributed by atoms with Gasteiger partial charge in [0.25, 0.3) is 0 Å². The van der Waals surface area contributed by atoms with Crippen LogP contribution >= 0.6 is 0 Å². The van der Waals surface area contributed by atoms with Crippen molar-refractivity contribution in [3.8, 4) is 11.8 Å². The summed E-state index contributed by atoms with van der Waals surface area (Å²) in [5.41, 5.74) is 10.2. The average molecular weight is 1760 g/mol. The number of carbonyl (C=O) groups is 12. The number of nitrogens with two attached hydrogens (primary N) is 1. The van der Waals surface area contributed by atoms with E-state index in [2.05, 4.69) is 38.4 Å². The maximum atomic E-state index is 15.0. The molecule has 31 nitrogen and oxygen atoms in total. The highest BCUT2D eigenvalue weighted by atomic mass is 16.6. The number of benzene rings is 4. The third-order valence-corrected chi connectivity index (χ3v) is 23.4. The van der Waals surface area contributed by atoms with Gasteiger partial charge in [0.05, 0.1) is 126 Å². The quantitative estimate of drug-likeness (QED) is 0.0160. The molecule has 0 saturated carbocycles. The topological polar surface area (TPSA) is 392 Å². The van der Waals surface area contributed by atoms with Gasteiger partial charge in [0, 0.05) is 129 Å². The number of methoxy groups -OCH3 is 2. The minimum Gasteiger partial charge on any atom is -0.445 e. The van der Waals surface area contributed by atoms with E-state index in [0.29, 0.717) is 88.6 Å². The Kier molecular flexibility index (Phi) is 45.4. The molecule has 2 aliphatic rings. The lowest BCUT2D eigenvalue weighted by molar-refractivity contribution is -0.149. The number of rotatable bonds is 56. The van der Waals surface area contributed by atoms with Gasteiger partial charge in [0.15, 0.2) is 11.6 Å². The number of hydrogen-bond acceptors (Lipinski definition) is 20. The van der Waals surface area contributed by atoms with Crippen molar-refractivity contribution in [2.75, 3.05) is 125 Å². The number of carbonyl (C=O) groups excluding carboxylic acids is 12. The van der Waals surface area contributed by atoms with Gasteiger partial charge >= 0.3 is 12.1 Å². The molecule has 126 heavy (non-hydrogen) atoms. The fourth-order valence-electron chi connectivity index (χ4n) is 15.9. The molecule has 4 aromatic carbocycles. The molecule has 1 unspecified atom stereocenters. The average Bonchev–Trinajstić information content (AvgIpc) is 1.32. The van der Waals surface area contributed by atoms with E-state index in [4.69, 9.17) is 38.9 Å². The van der Waals surface area contributed by atoms with Crippen LogP contribution in [0.25, 0.3) is 0 Å². The smallest absolute Gasteiger partial charge is 0.410 e. The summed E-state index contributed by atoms with van der Waals surface area (Å²) in [7, 11) is 7.82. The molecule has 0 aliphatic carbocycles. The van der Waals surface area contributed by atoms with Gasteiger partial charge in [-0.3, -0.25) is 47.9 Å². The Hall–Kier alpha value is -10.2. The van der Waals surface area contributed by atoms with E-state index in [1.54, 1.807) is 107 Å². The fraction of sp³-hybridized carbons (Fsp3) is 0.600. The third kappa shape index (κ3) is 33.5. The molecule has 11 amide bonds. The molecule has 31 heteroatoms. The Labute approximate surface area is 744 Å². The summed E-state index contributed by atoms with van der Waals surface area (Å²) in [6.07, 6.45) is -0.835. The first kappa shape index (κ1) is 105. The lowest BCUT2D eigenvalue weighted by atomic mass is 9.83. The summed E-state index contributed by atoms with van der Waals surface area (Å²) in [6.45, 7) is 21.8. The Morgan fingerprint density at radius 1 is 0.603 bits per heavy atom. The maximum absolute atomic E-state index is 15.0. The van der Waals surface area contributed by atoms with Crippen molar-refractivity contribution in [3.63, 3.8) is 0 Å². The van der Waals surface area contributed by atoms with Crippen LogP contribution in [0, 0.1) is 53.3 Å². The van der Waals surface area contributed by atoms with Gasteiger partial charge < -0.3 is 95.1 Å². The van der Waals surface area contributed by atoms with E-state index in [1.807, 2.05) is 94.4 Å². The number of ketones is 2. The van der Waals surface area contributed by atoms with Crippen LogP contribution in [0.15, 0.2) is 103 Å². The highest BCUT2D eigenvalue weighted by Gasteiger charge is 2.45. The SMILES string of the molecule is CC[C@H](C)[C@@H]([C@@H](CC(=O)N1CCCC1[C@H](OC)[C@@H](C)C(=O)N[C@H](C)[C@@H](O)c1ccccc1)OC)N(C)C(=O)[C@@H](CC(=O)[C@H](C(C)C)N(C)C(=O)OCc1ccc(NC(=O)[C@H](CCCNC(N)=O)CC(=O)[C@@H](NC(=O)CCCC(=O)N(C)CCOCCOCCOCCOCCC(=O)NCCC(=O)N2Cc3ccccc3C#Cc3ccccc32)C(C)C)cc1)C(C)C. The molecule has 2 aliphatic heterocycles. The molecule has 8 N–H and O–H groups in total. The zero-order chi connectivity index (χ0) is 92.5. The Balaban J connectivity index is 0.880. The second-order valence-electron chi connectivity index (χ2n) is 33.8. The number of amides is 11. The van der Waals surface area contributed by atoms with Crippen molar-refractivity contribution in [1.82, 2.24) is 40.9 Å². The van der Waals surface area contributed by atoms with Crippen molar-refractivity contribution < 1.29 is 95.8 Å². The highest BCUT2D eigenvalue weighted by Crippen LogP contribution is 2.33. The number of para-hydroxylation sites is 1. The van der Waals surface area contributed by atoms with Gasteiger partial charge in [-0.15, -0.1) is 0 Å². The van der Waals surface area contributed by atoms with E-state index in [9.17, 15) is 62.6 Å². The van der Waals surface area contributed by atoms with Crippen LogP contribution in [0.3, 0.4) is 0 Å². The molecule has 4 aromatic rings. The number of fused-ring (bicyclic) bond motifs is 2. The summed E-state index contributed by atoms with van der Waals surface area (Å²) in [5, 5.41) is 25.0. The van der Waals surface area contributed by atoms with Crippen molar-refractivity contribution in [1.29, 1.82) is 0 Å². The zero-order valence-corrected chi connectivity index (χ0v) is 76.6. The van der Waals surface area contributed by atoms with Gasteiger partial charge in [-0.25, -0.2) is 9.59 Å². The van der Waals surface area contributed by atoms with Crippen LogP contribution in [0.5, 0.6) is 0 Å². The molecule has 12 atom stereocenters. The number of nitrogens with zero attached hydrogens (tertiary/aromatic N) is 5. The van der Waals surface area contributed by atoms with Crippen molar-refractivity contribution in [3.05, 3.63) is 131 Å². The molecule has 1 fully saturated rings. The molecular formula is C95H139N11O20. The normalized spacial score (nSPS) is 15.6. The maximum Gasteiger partial charge on any atom is 0.410 e. The minimum atomic E-state index is -0.988. The Morgan fingerprint density at radius 2 is 1.23 bits per heavy atom. The van der Waals surface area contributed by atoms with E-state index < -0.39 is 96.1 Å². The van der Waals surface area contributed by atoms with Crippen LogP contribution in [0.2, 0.25) is 0 Å². The molecule has 2 heterocycles. The highest BCUT2D eigenvalue weighted by molar-refractivity contribution is 5.98. The van der Waals surface area contributed by atoms with Crippen molar-refractivity contribution in [2.45, 2.75) is 214 Å². The van der Waals surface area contributed by atoms with Crippen LogP contribution in [-0.2, 0) is 94.3 Å². The number of hydrogen-bond donors (Lipinski definition) is 7. The minimum absolute atomic E-state index is 0.0382. The number of likely N-dealkylation sites (N-methyl/N-ethyl adjacent to an activating group) is 3.